The first kappa shape index (κ1) is 15.5. The molecule has 0 unspecified atom stereocenters. The summed E-state index contributed by atoms with van der Waals surface area (Å²) < 4.78 is 10.7. The van der Waals surface area contributed by atoms with Gasteiger partial charge in [-0.15, -0.1) is 0 Å². The fraction of sp³-hybridized carbons (Fsp3) is 0.222. The van der Waals surface area contributed by atoms with Crippen LogP contribution in [0.5, 0.6) is 11.5 Å². The summed E-state index contributed by atoms with van der Waals surface area (Å²) in [6.45, 7) is 1.30. The minimum atomic E-state index is 0.0400. The summed E-state index contributed by atoms with van der Waals surface area (Å²) in [6.07, 6.45) is 0. The molecular formula is C18H18N4O3. The summed E-state index contributed by atoms with van der Waals surface area (Å²) in [7, 11) is 0. The second-order valence-corrected chi connectivity index (χ2v) is 5.60. The predicted octanol–water partition coefficient (Wildman–Crippen LogP) is 2.37. The number of para-hydroxylation sites is 1. The van der Waals surface area contributed by atoms with Crippen LogP contribution in [0.4, 0.5) is 11.8 Å². The van der Waals surface area contributed by atoms with E-state index >= 15 is 0 Å². The van der Waals surface area contributed by atoms with Gasteiger partial charge in [-0.05, 0) is 29.8 Å². The van der Waals surface area contributed by atoms with E-state index in [-0.39, 0.29) is 13.4 Å². The van der Waals surface area contributed by atoms with Crippen LogP contribution in [0.3, 0.4) is 0 Å². The third-order valence-corrected chi connectivity index (χ3v) is 3.90. The lowest BCUT2D eigenvalue weighted by Gasteiger charge is -2.11. The predicted molar refractivity (Wildman–Crippen MR) is 95.0 cm³/mol. The summed E-state index contributed by atoms with van der Waals surface area (Å²) in [5.41, 5.74) is 1.89. The highest BCUT2D eigenvalue weighted by Crippen LogP contribution is 2.32. The van der Waals surface area contributed by atoms with E-state index in [1.165, 1.54) is 0 Å². The zero-order chi connectivity index (χ0) is 17.1. The van der Waals surface area contributed by atoms with Gasteiger partial charge < -0.3 is 25.2 Å². The van der Waals surface area contributed by atoms with Crippen molar-refractivity contribution in [1.82, 2.24) is 9.97 Å². The zero-order valence-corrected chi connectivity index (χ0v) is 13.5. The molecule has 128 valence electrons. The Hall–Kier alpha value is -3.06. The number of hydrogen-bond donors (Lipinski definition) is 3. The number of ether oxygens (including phenoxy) is 2. The van der Waals surface area contributed by atoms with Crippen molar-refractivity contribution in [3.05, 3.63) is 48.0 Å². The van der Waals surface area contributed by atoms with Gasteiger partial charge in [0.05, 0.1) is 12.1 Å². The van der Waals surface area contributed by atoms with Crippen LogP contribution in [-0.2, 0) is 6.54 Å². The number of fused-ring (bicyclic) bond motifs is 2. The second-order valence-electron chi connectivity index (χ2n) is 5.60. The van der Waals surface area contributed by atoms with Crippen molar-refractivity contribution < 1.29 is 14.6 Å². The van der Waals surface area contributed by atoms with E-state index in [1.807, 2.05) is 42.5 Å². The van der Waals surface area contributed by atoms with Crippen molar-refractivity contribution in [3.8, 4) is 11.5 Å². The van der Waals surface area contributed by atoms with Crippen LogP contribution in [0.2, 0.25) is 0 Å². The van der Waals surface area contributed by atoms with E-state index in [9.17, 15) is 0 Å². The Morgan fingerprint density at radius 2 is 1.88 bits per heavy atom. The highest BCUT2D eigenvalue weighted by molar-refractivity contribution is 5.90. The molecule has 7 heteroatoms. The Morgan fingerprint density at radius 1 is 1.00 bits per heavy atom. The Balaban J connectivity index is 1.56. The summed E-state index contributed by atoms with van der Waals surface area (Å²) in [5, 5.41) is 16.3. The molecule has 25 heavy (non-hydrogen) atoms. The number of aliphatic hydroxyl groups excluding tert-OH is 1. The summed E-state index contributed by atoms with van der Waals surface area (Å²) in [6, 6.07) is 13.6. The smallest absolute Gasteiger partial charge is 0.231 e. The molecule has 0 saturated carbocycles. The Kier molecular flexibility index (Phi) is 4.22. The van der Waals surface area contributed by atoms with Gasteiger partial charge in [-0.2, -0.15) is 4.98 Å². The van der Waals surface area contributed by atoms with Gasteiger partial charge in [-0.3, -0.25) is 0 Å². The van der Waals surface area contributed by atoms with Gasteiger partial charge in [0, 0.05) is 18.5 Å². The number of anilines is 2. The monoisotopic (exact) mass is 338 g/mol. The average Bonchev–Trinajstić information content (AvgIpc) is 3.12. The van der Waals surface area contributed by atoms with Crippen molar-refractivity contribution in [2.75, 3.05) is 30.6 Å². The molecule has 0 atom stereocenters. The number of hydrogen-bond acceptors (Lipinski definition) is 7. The number of aliphatic hydroxyl groups is 1. The number of rotatable bonds is 6. The number of benzene rings is 2. The van der Waals surface area contributed by atoms with Crippen molar-refractivity contribution >= 4 is 22.7 Å². The zero-order valence-electron chi connectivity index (χ0n) is 13.5. The Morgan fingerprint density at radius 3 is 2.80 bits per heavy atom. The standard InChI is InChI=1S/C18H18N4O3/c23-8-7-19-17-13-3-1-2-4-14(13)21-18(22-17)20-10-12-5-6-15-16(9-12)25-11-24-15/h1-6,9,23H,7-8,10-11H2,(H2,19,20,21,22). The van der Waals surface area contributed by atoms with E-state index < -0.39 is 0 Å². The third-order valence-electron chi connectivity index (χ3n) is 3.90. The van der Waals surface area contributed by atoms with Gasteiger partial charge in [0.15, 0.2) is 11.5 Å². The molecule has 0 spiro atoms. The molecule has 4 rings (SSSR count). The van der Waals surface area contributed by atoms with Gasteiger partial charge in [-0.25, -0.2) is 4.98 Å². The fourth-order valence-corrected chi connectivity index (χ4v) is 2.70. The minimum Gasteiger partial charge on any atom is -0.454 e. The maximum absolute atomic E-state index is 9.05. The molecule has 1 aliphatic rings. The van der Waals surface area contributed by atoms with Gasteiger partial charge in [0.2, 0.25) is 12.7 Å². The molecule has 0 amide bonds. The molecule has 7 nitrogen and oxygen atoms in total. The quantitative estimate of drug-likeness (QED) is 0.636. The van der Waals surface area contributed by atoms with Crippen LogP contribution >= 0.6 is 0 Å². The molecule has 1 aromatic heterocycles. The van der Waals surface area contributed by atoms with Crippen LogP contribution in [0, 0.1) is 0 Å². The fourth-order valence-electron chi connectivity index (χ4n) is 2.70. The second kappa shape index (κ2) is 6.82. The van der Waals surface area contributed by atoms with E-state index in [2.05, 4.69) is 20.6 Å². The van der Waals surface area contributed by atoms with Gasteiger partial charge >= 0.3 is 0 Å². The van der Waals surface area contributed by atoms with Crippen LogP contribution in [-0.4, -0.2) is 35.0 Å². The van der Waals surface area contributed by atoms with Crippen LogP contribution in [0.25, 0.3) is 10.9 Å². The molecular weight excluding hydrogens is 320 g/mol. The normalized spacial score (nSPS) is 12.4. The highest BCUT2D eigenvalue weighted by atomic mass is 16.7. The van der Waals surface area contributed by atoms with Gasteiger partial charge in [0.1, 0.15) is 5.82 Å². The number of aromatic nitrogens is 2. The molecule has 1 aliphatic heterocycles. The minimum absolute atomic E-state index is 0.0400. The molecule has 2 heterocycles. The first-order chi connectivity index (χ1) is 12.3. The first-order valence-electron chi connectivity index (χ1n) is 8.07. The maximum Gasteiger partial charge on any atom is 0.231 e. The molecule has 0 aliphatic carbocycles. The lowest BCUT2D eigenvalue weighted by Crippen LogP contribution is -2.10. The number of nitrogens with zero attached hydrogens (tertiary/aromatic N) is 2. The Labute approximate surface area is 144 Å². The van der Waals surface area contributed by atoms with Crippen molar-refractivity contribution in [3.63, 3.8) is 0 Å². The van der Waals surface area contributed by atoms with Crippen LogP contribution in [0.1, 0.15) is 5.56 Å². The molecule has 2 aromatic carbocycles. The highest BCUT2D eigenvalue weighted by Gasteiger charge is 2.13. The van der Waals surface area contributed by atoms with Gasteiger partial charge in [-0.1, -0.05) is 18.2 Å². The topological polar surface area (TPSA) is 88.5 Å². The van der Waals surface area contributed by atoms with Gasteiger partial charge in [0.25, 0.3) is 0 Å². The molecule has 3 N–H and O–H groups in total. The summed E-state index contributed by atoms with van der Waals surface area (Å²) in [5.74, 6) is 2.75. The molecule has 0 fully saturated rings. The number of nitrogens with one attached hydrogen (secondary N) is 2. The average molecular weight is 338 g/mol. The first-order valence-corrected chi connectivity index (χ1v) is 8.07. The molecule has 0 saturated heterocycles. The summed E-state index contributed by atoms with van der Waals surface area (Å²) >= 11 is 0. The third kappa shape index (κ3) is 3.27. The van der Waals surface area contributed by atoms with Crippen molar-refractivity contribution in [2.45, 2.75) is 6.54 Å². The van der Waals surface area contributed by atoms with E-state index in [4.69, 9.17) is 14.6 Å². The maximum atomic E-state index is 9.05. The molecule has 0 bridgehead atoms. The van der Waals surface area contributed by atoms with Crippen LogP contribution < -0.4 is 20.1 Å². The lowest BCUT2D eigenvalue weighted by molar-refractivity contribution is 0.174. The SMILES string of the molecule is OCCNc1nc(NCc2ccc3c(c2)OCO3)nc2ccccc12. The Bertz CT molecular complexity index is 901. The van der Waals surface area contributed by atoms with E-state index in [0.29, 0.717) is 24.9 Å². The van der Waals surface area contributed by atoms with E-state index in [1.54, 1.807) is 0 Å². The van der Waals surface area contributed by atoms with E-state index in [0.717, 1.165) is 28.0 Å². The van der Waals surface area contributed by atoms with Crippen molar-refractivity contribution in [2.24, 2.45) is 0 Å². The van der Waals surface area contributed by atoms with Crippen molar-refractivity contribution in [1.29, 1.82) is 0 Å². The molecule has 0 radical (unpaired) electrons. The summed E-state index contributed by atoms with van der Waals surface area (Å²) in [4.78, 5) is 9.08. The largest absolute Gasteiger partial charge is 0.454 e. The lowest BCUT2D eigenvalue weighted by atomic mass is 10.2. The van der Waals surface area contributed by atoms with Crippen LogP contribution in [0.15, 0.2) is 42.5 Å². The molecule has 3 aromatic rings.